The monoisotopic (exact) mass is 293 g/mol. The van der Waals surface area contributed by atoms with Crippen molar-refractivity contribution in [2.24, 2.45) is 0 Å². The van der Waals surface area contributed by atoms with Crippen LogP contribution in [0.1, 0.15) is 17.5 Å². The van der Waals surface area contributed by atoms with Crippen LogP contribution >= 0.6 is 11.6 Å². The van der Waals surface area contributed by atoms with Crippen molar-refractivity contribution in [2.45, 2.75) is 19.4 Å². The Labute approximate surface area is 123 Å². The standard InChI is InChI=1S/C16H17ClFNO/c17-16-10-14(18)7-6-13(16)11-19-15-5-1-3-12(9-15)4-2-8-20/h1,3,5-7,9-10,19-20H,2,4,8,11H2. The van der Waals surface area contributed by atoms with Crippen LogP contribution in [0.3, 0.4) is 0 Å². The average molecular weight is 294 g/mol. The Morgan fingerprint density at radius 1 is 1.15 bits per heavy atom. The Bertz CT molecular complexity index is 574. The van der Waals surface area contributed by atoms with Crippen LogP contribution in [0.5, 0.6) is 0 Å². The third-order valence-corrected chi connectivity index (χ3v) is 3.40. The molecule has 0 unspecified atom stereocenters. The maximum atomic E-state index is 13.0. The Morgan fingerprint density at radius 2 is 2.00 bits per heavy atom. The highest BCUT2D eigenvalue weighted by Gasteiger charge is 2.02. The minimum absolute atomic E-state index is 0.197. The number of rotatable bonds is 6. The molecule has 0 saturated heterocycles. The first-order chi connectivity index (χ1) is 9.69. The second-order valence-electron chi connectivity index (χ2n) is 4.62. The average Bonchev–Trinajstić information content (AvgIpc) is 2.45. The van der Waals surface area contributed by atoms with Gasteiger partial charge in [0.15, 0.2) is 0 Å². The molecule has 0 saturated carbocycles. The first-order valence-corrected chi connectivity index (χ1v) is 6.94. The van der Waals surface area contributed by atoms with E-state index in [-0.39, 0.29) is 12.4 Å². The largest absolute Gasteiger partial charge is 0.396 e. The Morgan fingerprint density at radius 3 is 2.75 bits per heavy atom. The number of anilines is 1. The van der Waals surface area contributed by atoms with Gasteiger partial charge < -0.3 is 10.4 Å². The summed E-state index contributed by atoms with van der Waals surface area (Å²) in [5.41, 5.74) is 3.02. The molecule has 0 aliphatic rings. The number of aliphatic hydroxyl groups excluding tert-OH is 1. The zero-order chi connectivity index (χ0) is 14.4. The van der Waals surface area contributed by atoms with Gasteiger partial charge in [0.25, 0.3) is 0 Å². The molecular weight excluding hydrogens is 277 g/mol. The van der Waals surface area contributed by atoms with E-state index in [1.54, 1.807) is 6.07 Å². The Balaban J connectivity index is 1.99. The Hall–Kier alpha value is -1.58. The van der Waals surface area contributed by atoms with Gasteiger partial charge in [-0.25, -0.2) is 4.39 Å². The molecule has 0 heterocycles. The summed E-state index contributed by atoms with van der Waals surface area (Å²) in [6.07, 6.45) is 1.61. The third-order valence-electron chi connectivity index (χ3n) is 3.05. The zero-order valence-electron chi connectivity index (χ0n) is 11.1. The molecule has 0 amide bonds. The fraction of sp³-hybridized carbons (Fsp3) is 0.250. The van der Waals surface area contributed by atoms with E-state index in [1.807, 2.05) is 24.3 Å². The van der Waals surface area contributed by atoms with Crippen LogP contribution < -0.4 is 5.32 Å². The van der Waals surface area contributed by atoms with E-state index in [0.29, 0.717) is 11.6 Å². The molecule has 0 spiro atoms. The van der Waals surface area contributed by atoms with Gasteiger partial charge in [-0.05, 0) is 48.2 Å². The van der Waals surface area contributed by atoms with E-state index in [1.165, 1.54) is 17.7 Å². The van der Waals surface area contributed by atoms with Crippen LogP contribution in [-0.4, -0.2) is 11.7 Å². The Kier molecular flexibility index (Phi) is 5.39. The zero-order valence-corrected chi connectivity index (χ0v) is 11.8. The van der Waals surface area contributed by atoms with Crippen molar-refractivity contribution >= 4 is 17.3 Å². The lowest BCUT2D eigenvalue weighted by molar-refractivity contribution is 0.288. The summed E-state index contributed by atoms with van der Waals surface area (Å²) in [6.45, 7) is 0.741. The van der Waals surface area contributed by atoms with Crippen molar-refractivity contribution in [3.8, 4) is 0 Å². The number of aryl methyl sites for hydroxylation is 1. The number of nitrogens with one attached hydrogen (secondary N) is 1. The topological polar surface area (TPSA) is 32.3 Å². The molecule has 4 heteroatoms. The molecule has 0 radical (unpaired) electrons. The predicted octanol–water partition coefficient (Wildman–Crippen LogP) is 4.02. The van der Waals surface area contributed by atoms with Crippen molar-refractivity contribution < 1.29 is 9.50 Å². The second kappa shape index (κ2) is 7.27. The van der Waals surface area contributed by atoms with Gasteiger partial charge in [0, 0.05) is 23.9 Å². The van der Waals surface area contributed by atoms with E-state index < -0.39 is 0 Å². The van der Waals surface area contributed by atoms with E-state index in [4.69, 9.17) is 16.7 Å². The first kappa shape index (κ1) is 14.8. The molecule has 2 rings (SSSR count). The van der Waals surface area contributed by atoms with Crippen LogP contribution in [0.4, 0.5) is 10.1 Å². The first-order valence-electron chi connectivity index (χ1n) is 6.56. The molecule has 0 aromatic heterocycles. The van der Waals surface area contributed by atoms with Crippen molar-refractivity contribution in [3.05, 3.63) is 64.4 Å². The van der Waals surface area contributed by atoms with Gasteiger partial charge in [-0.1, -0.05) is 29.8 Å². The molecule has 0 fully saturated rings. The number of aliphatic hydroxyl groups is 1. The van der Waals surface area contributed by atoms with Crippen molar-refractivity contribution in [1.82, 2.24) is 0 Å². The summed E-state index contributed by atoms with van der Waals surface area (Å²) in [7, 11) is 0. The number of halogens is 2. The minimum atomic E-state index is -0.329. The highest BCUT2D eigenvalue weighted by atomic mass is 35.5. The fourth-order valence-corrected chi connectivity index (χ4v) is 2.22. The molecule has 2 aromatic rings. The molecule has 0 aliphatic heterocycles. The van der Waals surface area contributed by atoms with Crippen LogP contribution in [0, 0.1) is 5.82 Å². The van der Waals surface area contributed by atoms with Gasteiger partial charge in [0.05, 0.1) is 0 Å². The minimum Gasteiger partial charge on any atom is -0.396 e. The molecular formula is C16H17ClFNO. The quantitative estimate of drug-likeness (QED) is 0.843. The summed E-state index contributed by atoms with van der Waals surface area (Å²) in [5.74, 6) is -0.329. The number of hydrogen-bond donors (Lipinski definition) is 2. The summed E-state index contributed by atoms with van der Waals surface area (Å²) in [5, 5.41) is 12.5. The summed E-state index contributed by atoms with van der Waals surface area (Å²) in [6, 6.07) is 12.4. The van der Waals surface area contributed by atoms with Gasteiger partial charge >= 0.3 is 0 Å². The van der Waals surface area contributed by atoms with Gasteiger partial charge in [-0.3, -0.25) is 0 Å². The van der Waals surface area contributed by atoms with Gasteiger partial charge in [0.1, 0.15) is 5.82 Å². The smallest absolute Gasteiger partial charge is 0.124 e. The SMILES string of the molecule is OCCCc1cccc(NCc2ccc(F)cc2Cl)c1. The normalized spacial score (nSPS) is 10.6. The van der Waals surface area contributed by atoms with Crippen LogP contribution in [-0.2, 0) is 13.0 Å². The van der Waals surface area contributed by atoms with Crippen LogP contribution in [0.25, 0.3) is 0 Å². The van der Waals surface area contributed by atoms with Gasteiger partial charge in [-0.2, -0.15) is 0 Å². The fourth-order valence-electron chi connectivity index (χ4n) is 1.98. The number of hydrogen-bond acceptors (Lipinski definition) is 2. The maximum absolute atomic E-state index is 13.0. The number of benzene rings is 2. The molecule has 2 nitrogen and oxygen atoms in total. The maximum Gasteiger partial charge on any atom is 0.124 e. The molecule has 0 bridgehead atoms. The molecule has 2 aromatic carbocycles. The van der Waals surface area contributed by atoms with E-state index in [2.05, 4.69) is 5.32 Å². The summed E-state index contributed by atoms with van der Waals surface area (Å²) >= 11 is 5.99. The lowest BCUT2D eigenvalue weighted by Gasteiger charge is -2.09. The molecule has 106 valence electrons. The lowest BCUT2D eigenvalue weighted by atomic mass is 10.1. The van der Waals surface area contributed by atoms with E-state index in [0.717, 1.165) is 24.1 Å². The van der Waals surface area contributed by atoms with Crippen molar-refractivity contribution in [2.75, 3.05) is 11.9 Å². The van der Waals surface area contributed by atoms with Crippen LogP contribution in [0.15, 0.2) is 42.5 Å². The van der Waals surface area contributed by atoms with E-state index >= 15 is 0 Å². The molecule has 0 aliphatic carbocycles. The lowest BCUT2D eigenvalue weighted by Crippen LogP contribution is -2.01. The predicted molar refractivity (Wildman–Crippen MR) is 80.6 cm³/mol. The second-order valence-corrected chi connectivity index (χ2v) is 5.02. The summed E-state index contributed by atoms with van der Waals surface area (Å²) in [4.78, 5) is 0. The molecule has 2 N–H and O–H groups in total. The molecule has 0 atom stereocenters. The van der Waals surface area contributed by atoms with Crippen molar-refractivity contribution in [1.29, 1.82) is 0 Å². The third kappa shape index (κ3) is 4.22. The van der Waals surface area contributed by atoms with E-state index in [9.17, 15) is 4.39 Å². The van der Waals surface area contributed by atoms with Gasteiger partial charge in [-0.15, -0.1) is 0 Å². The molecule has 20 heavy (non-hydrogen) atoms. The summed E-state index contributed by atoms with van der Waals surface area (Å²) < 4.78 is 13.0. The highest BCUT2D eigenvalue weighted by molar-refractivity contribution is 6.31. The van der Waals surface area contributed by atoms with Crippen molar-refractivity contribution in [3.63, 3.8) is 0 Å². The van der Waals surface area contributed by atoms with Crippen LogP contribution in [0.2, 0.25) is 5.02 Å². The highest BCUT2D eigenvalue weighted by Crippen LogP contribution is 2.19. The van der Waals surface area contributed by atoms with Gasteiger partial charge in [0.2, 0.25) is 0 Å².